The van der Waals surface area contributed by atoms with E-state index >= 15 is 0 Å². The van der Waals surface area contributed by atoms with Crippen molar-refractivity contribution in [1.82, 2.24) is 5.32 Å². The molecule has 3 rings (SSSR count). The topological polar surface area (TPSA) is 295 Å². The first-order valence-electron chi connectivity index (χ1n) is 14.8. The maximum Gasteiger partial charge on any atom is 0.364 e. The Hall–Kier alpha value is -1.62. The first-order chi connectivity index (χ1) is 21.0. The summed E-state index contributed by atoms with van der Waals surface area (Å²) in [5.74, 6) is -6.67. The molecule has 3 aliphatic heterocycles. The van der Waals surface area contributed by atoms with E-state index < -0.39 is 141 Å². The average Bonchev–Trinajstić information content (AvgIpc) is 2.98. The van der Waals surface area contributed by atoms with Crippen molar-refractivity contribution in [3.8, 4) is 0 Å². The number of aliphatic hydroxyl groups excluding tert-OH is 9. The second kappa shape index (κ2) is 15.5. The quantitative estimate of drug-likeness (QED) is 0.0934. The van der Waals surface area contributed by atoms with Gasteiger partial charge in [0.2, 0.25) is 5.91 Å². The van der Waals surface area contributed by atoms with Gasteiger partial charge in [-0.2, -0.15) is 0 Å². The molecular weight excluding hydrogens is 610 g/mol. The largest absolute Gasteiger partial charge is 0.477 e. The third-order valence-corrected chi connectivity index (χ3v) is 8.57. The van der Waals surface area contributed by atoms with E-state index in [9.17, 15) is 60.7 Å². The van der Waals surface area contributed by atoms with Crippen LogP contribution in [0.15, 0.2) is 0 Å². The van der Waals surface area contributed by atoms with E-state index in [4.69, 9.17) is 23.7 Å². The predicted octanol–water partition coefficient (Wildman–Crippen LogP) is -5.24. The van der Waals surface area contributed by atoms with Crippen molar-refractivity contribution in [3.63, 3.8) is 0 Å². The van der Waals surface area contributed by atoms with Gasteiger partial charge in [-0.25, -0.2) is 4.79 Å². The van der Waals surface area contributed by atoms with Crippen molar-refractivity contribution < 1.29 is 84.3 Å². The van der Waals surface area contributed by atoms with Gasteiger partial charge in [-0.3, -0.25) is 4.79 Å². The van der Waals surface area contributed by atoms with Crippen LogP contribution in [0.2, 0.25) is 0 Å². The van der Waals surface area contributed by atoms with E-state index in [1.165, 1.54) is 6.92 Å². The summed E-state index contributed by atoms with van der Waals surface area (Å²) in [5, 5.41) is 106. The maximum absolute atomic E-state index is 12.8. The summed E-state index contributed by atoms with van der Waals surface area (Å²) in [4.78, 5) is 24.7. The molecule has 0 aromatic carbocycles. The lowest BCUT2D eigenvalue weighted by Crippen LogP contribution is -2.70. The molecule has 16 atom stereocenters. The first-order valence-corrected chi connectivity index (χ1v) is 14.8. The molecule has 18 nitrogen and oxygen atoms in total. The Bertz CT molecular complexity index is 989. The summed E-state index contributed by atoms with van der Waals surface area (Å²) >= 11 is 0. The third-order valence-electron chi connectivity index (χ3n) is 8.57. The summed E-state index contributed by atoms with van der Waals surface area (Å²) in [6.07, 6.45) is -21.5. The number of carbonyl (C=O) groups excluding carboxylic acids is 1. The molecule has 0 aliphatic carbocycles. The van der Waals surface area contributed by atoms with Crippen LogP contribution in [0.1, 0.15) is 34.1 Å². The van der Waals surface area contributed by atoms with Crippen LogP contribution in [0.3, 0.4) is 0 Å². The number of hydrogen-bond donors (Lipinski definition) is 11. The normalized spacial score (nSPS) is 43.9. The molecule has 0 spiro atoms. The summed E-state index contributed by atoms with van der Waals surface area (Å²) in [6, 6.07) is -1.47. The Morgan fingerprint density at radius 2 is 1.56 bits per heavy atom. The van der Waals surface area contributed by atoms with E-state index in [2.05, 4.69) is 5.32 Å². The van der Waals surface area contributed by atoms with Crippen LogP contribution in [0.5, 0.6) is 0 Å². The third kappa shape index (κ3) is 7.92. The average molecular weight is 658 g/mol. The zero-order chi connectivity index (χ0) is 34.0. The molecule has 0 radical (unpaired) electrons. The number of carbonyl (C=O) groups is 2. The second-order valence-corrected chi connectivity index (χ2v) is 12.2. The minimum Gasteiger partial charge on any atom is -0.477 e. The van der Waals surface area contributed by atoms with Gasteiger partial charge in [-0.1, -0.05) is 20.8 Å². The zero-order valence-electron chi connectivity index (χ0n) is 25.4. The van der Waals surface area contributed by atoms with E-state index in [0.717, 1.165) is 6.92 Å². The minimum atomic E-state index is -2.80. The van der Waals surface area contributed by atoms with E-state index in [1.807, 2.05) is 0 Å². The molecule has 0 aromatic rings. The number of nitrogens with one attached hydrogen (secondary N) is 1. The Morgan fingerprint density at radius 1 is 0.933 bits per heavy atom. The van der Waals surface area contributed by atoms with Crippen LogP contribution < -0.4 is 5.32 Å². The van der Waals surface area contributed by atoms with Crippen molar-refractivity contribution in [2.75, 3.05) is 19.8 Å². The van der Waals surface area contributed by atoms with E-state index in [-0.39, 0.29) is 0 Å². The fourth-order valence-corrected chi connectivity index (χ4v) is 5.94. The highest BCUT2D eigenvalue weighted by Crippen LogP contribution is 2.41. The summed E-state index contributed by atoms with van der Waals surface area (Å²) in [6.45, 7) is 3.37. The molecular formula is C27H47NO17. The number of aliphatic hydroxyl groups is 9. The molecule has 11 N–H and O–H groups in total. The molecule has 3 aliphatic rings. The van der Waals surface area contributed by atoms with Gasteiger partial charge < -0.3 is 80.1 Å². The maximum atomic E-state index is 12.8. The second-order valence-electron chi connectivity index (χ2n) is 12.2. The van der Waals surface area contributed by atoms with Crippen molar-refractivity contribution in [3.05, 3.63) is 0 Å². The molecule has 1 amide bonds. The van der Waals surface area contributed by atoms with Crippen molar-refractivity contribution in [2.24, 2.45) is 11.8 Å². The van der Waals surface area contributed by atoms with Crippen molar-refractivity contribution in [1.29, 1.82) is 0 Å². The Labute approximate surface area is 259 Å². The van der Waals surface area contributed by atoms with Gasteiger partial charge in [0.25, 0.3) is 5.79 Å². The van der Waals surface area contributed by atoms with Gasteiger partial charge in [-0.15, -0.1) is 0 Å². The number of carboxylic acids is 1. The molecule has 0 aromatic heterocycles. The lowest BCUT2D eigenvalue weighted by Gasteiger charge is -2.52. The molecule has 18 heteroatoms. The highest BCUT2D eigenvalue weighted by atomic mass is 16.8. The number of carboxylic acid groups (broad SMARTS) is 1. The minimum absolute atomic E-state index is 0.442. The fraction of sp³-hybridized carbons (Fsp3) is 0.926. The van der Waals surface area contributed by atoms with Gasteiger partial charge in [0, 0.05) is 19.3 Å². The van der Waals surface area contributed by atoms with Gasteiger partial charge in [-0.05, 0) is 5.92 Å². The molecule has 0 saturated carbocycles. The van der Waals surface area contributed by atoms with Crippen molar-refractivity contribution >= 4 is 11.9 Å². The van der Waals surface area contributed by atoms with Gasteiger partial charge in [0.1, 0.15) is 61.0 Å². The standard InChI is InChI=1S/C27H47NO17/c1-9(2)21-20(38)24(45-27(26(39)40)5-12(33)10(3)22(44-27)17(35)13(34)6-29)23(15(8-31)41-21)43-25-16(28-11(4)32)19(37)18(36)14(7-30)42-25/h9-10,12-25,29-31,33-38H,5-8H2,1-4H3,(H,28,32)(H,39,40)/t10-,12?,13-,14?,15?,16?,17-,18+,19-,20?,21+,22-,23+,24-,25+,27+/m1/s1. The zero-order valence-corrected chi connectivity index (χ0v) is 25.4. The summed E-state index contributed by atoms with van der Waals surface area (Å²) in [5.41, 5.74) is 0. The Kier molecular flexibility index (Phi) is 13.0. The highest BCUT2D eigenvalue weighted by Gasteiger charge is 2.59. The van der Waals surface area contributed by atoms with Crippen LogP contribution >= 0.6 is 0 Å². The highest BCUT2D eigenvalue weighted by molar-refractivity contribution is 5.76. The number of ether oxygens (including phenoxy) is 5. The van der Waals surface area contributed by atoms with Gasteiger partial charge in [0.15, 0.2) is 6.29 Å². The number of amides is 1. The van der Waals surface area contributed by atoms with Crippen LogP contribution in [0.25, 0.3) is 0 Å². The lowest BCUT2D eigenvalue weighted by molar-refractivity contribution is -0.376. The van der Waals surface area contributed by atoms with Gasteiger partial charge in [0.05, 0.1) is 38.1 Å². The van der Waals surface area contributed by atoms with Crippen LogP contribution in [-0.2, 0) is 33.3 Å². The summed E-state index contributed by atoms with van der Waals surface area (Å²) in [7, 11) is 0. The lowest BCUT2D eigenvalue weighted by atomic mass is 9.84. The SMILES string of the molecule is CC(=O)NC1[C@H](O[C@H]2C(CO)O[C@@H](C(C)C)C(O)[C@H]2O[C@]2(C(=O)O)CC(O)[C@@H](C)[C@H]([C@H](O)[C@H](O)CO)O2)OC(CO)[C@H](O)[C@@H]1O. The Balaban J connectivity index is 2.07. The fourth-order valence-electron chi connectivity index (χ4n) is 5.94. The first kappa shape index (κ1) is 37.8. The van der Waals surface area contributed by atoms with E-state index in [0.29, 0.717) is 0 Å². The monoisotopic (exact) mass is 657 g/mol. The molecule has 262 valence electrons. The molecule has 0 bridgehead atoms. The molecule has 3 saturated heterocycles. The van der Waals surface area contributed by atoms with E-state index in [1.54, 1.807) is 13.8 Å². The van der Waals surface area contributed by atoms with Crippen LogP contribution in [0.4, 0.5) is 0 Å². The van der Waals surface area contributed by atoms with Crippen LogP contribution in [-0.4, -0.2) is 174 Å². The number of aliphatic carboxylic acids is 1. The van der Waals surface area contributed by atoms with Crippen LogP contribution in [0, 0.1) is 11.8 Å². The molecule has 5 unspecified atom stereocenters. The Morgan fingerprint density at radius 3 is 2.07 bits per heavy atom. The smallest absolute Gasteiger partial charge is 0.364 e. The predicted molar refractivity (Wildman–Crippen MR) is 146 cm³/mol. The van der Waals surface area contributed by atoms with Crippen molar-refractivity contribution in [2.45, 2.75) is 125 Å². The number of rotatable bonds is 12. The van der Waals surface area contributed by atoms with Gasteiger partial charge >= 0.3 is 5.97 Å². The number of hydrogen-bond acceptors (Lipinski definition) is 16. The molecule has 3 fully saturated rings. The molecule has 3 heterocycles. The molecule has 45 heavy (non-hydrogen) atoms. The summed E-state index contributed by atoms with van der Waals surface area (Å²) < 4.78 is 29.3.